The average Bonchev–Trinajstić information content (AvgIpc) is 2.66. The van der Waals surface area contributed by atoms with Crippen molar-refractivity contribution in [1.82, 2.24) is 9.78 Å². The third-order valence-corrected chi connectivity index (χ3v) is 4.78. The molecular formula is C13H17N3O4S. The van der Waals surface area contributed by atoms with Crippen molar-refractivity contribution < 1.29 is 18.3 Å². The number of rotatable bonds is 4. The van der Waals surface area contributed by atoms with Gasteiger partial charge in [-0.05, 0) is 26.0 Å². The number of aromatic nitrogens is 2. The van der Waals surface area contributed by atoms with E-state index < -0.39 is 10.0 Å². The van der Waals surface area contributed by atoms with Gasteiger partial charge in [-0.15, -0.1) is 0 Å². The number of benzene rings is 1. The largest absolute Gasteiger partial charge is 0.506 e. The van der Waals surface area contributed by atoms with Gasteiger partial charge >= 0.3 is 0 Å². The number of aromatic hydroxyl groups is 1. The minimum absolute atomic E-state index is 0.0528. The van der Waals surface area contributed by atoms with E-state index in [4.69, 9.17) is 4.74 Å². The van der Waals surface area contributed by atoms with Crippen LogP contribution in [0.3, 0.4) is 0 Å². The van der Waals surface area contributed by atoms with Gasteiger partial charge in [-0.2, -0.15) is 5.10 Å². The van der Waals surface area contributed by atoms with Gasteiger partial charge in [0.1, 0.15) is 16.4 Å². The molecule has 0 aliphatic heterocycles. The number of anilines is 1. The van der Waals surface area contributed by atoms with Crippen LogP contribution in [0.5, 0.6) is 11.5 Å². The molecule has 0 aliphatic carbocycles. The normalized spacial score (nSPS) is 11.4. The number of phenolic OH excluding ortho intramolecular Hbond substituents is 1. The number of nitrogens with one attached hydrogen (secondary N) is 1. The molecule has 0 saturated carbocycles. The molecule has 0 fully saturated rings. The summed E-state index contributed by atoms with van der Waals surface area (Å²) in [6.07, 6.45) is 0. The van der Waals surface area contributed by atoms with Crippen LogP contribution in [0, 0.1) is 13.8 Å². The molecule has 0 atom stereocenters. The third kappa shape index (κ3) is 2.80. The first-order valence-electron chi connectivity index (χ1n) is 6.16. The quantitative estimate of drug-likeness (QED) is 0.836. The molecule has 0 amide bonds. The van der Waals surface area contributed by atoms with Gasteiger partial charge in [0.05, 0.1) is 24.2 Å². The Morgan fingerprint density at radius 2 is 2.00 bits per heavy atom. The molecule has 8 heteroatoms. The zero-order chi connectivity index (χ0) is 15.8. The fourth-order valence-electron chi connectivity index (χ4n) is 2.06. The lowest BCUT2D eigenvalue weighted by Crippen LogP contribution is -2.15. The maximum Gasteiger partial charge on any atom is 0.265 e. The summed E-state index contributed by atoms with van der Waals surface area (Å²) in [6, 6.07) is 4.31. The summed E-state index contributed by atoms with van der Waals surface area (Å²) in [5.41, 5.74) is 0.962. The van der Waals surface area contributed by atoms with Gasteiger partial charge in [-0.25, -0.2) is 8.42 Å². The highest BCUT2D eigenvalue weighted by molar-refractivity contribution is 7.92. The first-order chi connectivity index (χ1) is 9.76. The summed E-state index contributed by atoms with van der Waals surface area (Å²) in [7, 11) is -0.721. The summed E-state index contributed by atoms with van der Waals surface area (Å²) in [5.74, 6) is 0.253. The molecule has 21 heavy (non-hydrogen) atoms. The van der Waals surface area contributed by atoms with Crippen LogP contribution in [0.2, 0.25) is 0 Å². The molecule has 2 N–H and O–H groups in total. The van der Waals surface area contributed by atoms with Crippen molar-refractivity contribution in [3.63, 3.8) is 0 Å². The Morgan fingerprint density at radius 3 is 2.52 bits per heavy atom. The Hall–Kier alpha value is -2.22. The molecule has 1 aromatic heterocycles. The monoisotopic (exact) mass is 311 g/mol. The standard InChI is InChI=1S/C13H17N3O4S/c1-8-13(9(2)16(3)14-8)21(18,19)15-11-7-10(20-4)5-6-12(11)17/h5-7,15,17H,1-4H3. The van der Waals surface area contributed by atoms with Gasteiger partial charge in [0.15, 0.2) is 0 Å². The number of hydrogen-bond donors (Lipinski definition) is 2. The maximum atomic E-state index is 12.5. The number of nitrogens with zero attached hydrogens (tertiary/aromatic N) is 2. The molecule has 0 saturated heterocycles. The Kier molecular flexibility index (Phi) is 3.82. The Balaban J connectivity index is 2.47. The Labute approximate surface area is 123 Å². The van der Waals surface area contributed by atoms with Crippen LogP contribution in [-0.4, -0.2) is 30.4 Å². The van der Waals surface area contributed by atoms with Crippen LogP contribution >= 0.6 is 0 Å². The van der Waals surface area contributed by atoms with Crippen molar-refractivity contribution in [3.8, 4) is 11.5 Å². The first-order valence-corrected chi connectivity index (χ1v) is 7.64. The number of methoxy groups -OCH3 is 1. The molecule has 1 aromatic carbocycles. The molecule has 7 nitrogen and oxygen atoms in total. The second-order valence-electron chi connectivity index (χ2n) is 4.61. The third-order valence-electron chi connectivity index (χ3n) is 3.16. The van der Waals surface area contributed by atoms with E-state index in [0.29, 0.717) is 17.1 Å². The molecule has 0 spiro atoms. The van der Waals surface area contributed by atoms with Gasteiger partial charge in [0.25, 0.3) is 10.0 Å². The SMILES string of the molecule is COc1ccc(O)c(NS(=O)(=O)c2c(C)nn(C)c2C)c1. The van der Waals surface area contributed by atoms with Gasteiger partial charge < -0.3 is 9.84 Å². The Bertz CT molecular complexity index is 781. The minimum Gasteiger partial charge on any atom is -0.506 e. The van der Waals surface area contributed by atoms with Gasteiger partial charge in [-0.3, -0.25) is 9.40 Å². The molecule has 2 aromatic rings. The van der Waals surface area contributed by atoms with Gasteiger partial charge in [0, 0.05) is 13.1 Å². The highest BCUT2D eigenvalue weighted by Gasteiger charge is 2.24. The summed E-state index contributed by atoms with van der Waals surface area (Å²) in [5, 5.41) is 13.9. The molecule has 0 unspecified atom stereocenters. The fourth-order valence-corrected chi connectivity index (χ4v) is 3.57. The fraction of sp³-hybridized carbons (Fsp3) is 0.308. The average molecular weight is 311 g/mol. The van der Waals surface area contributed by atoms with E-state index in [1.165, 1.54) is 30.0 Å². The molecule has 0 bridgehead atoms. The molecule has 0 radical (unpaired) electrons. The van der Waals surface area contributed by atoms with Crippen molar-refractivity contribution in [2.45, 2.75) is 18.7 Å². The van der Waals surface area contributed by atoms with E-state index in [2.05, 4.69) is 9.82 Å². The zero-order valence-corrected chi connectivity index (χ0v) is 13.0. The number of phenols is 1. The Morgan fingerprint density at radius 1 is 1.33 bits per heavy atom. The molecule has 114 valence electrons. The number of sulfonamides is 1. The highest BCUT2D eigenvalue weighted by Crippen LogP contribution is 2.31. The van der Waals surface area contributed by atoms with Crippen LogP contribution in [0.15, 0.2) is 23.1 Å². The molecule has 0 aliphatic rings. The van der Waals surface area contributed by atoms with E-state index in [0.717, 1.165) is 0 Å². The summed E-state index contributed by atoms with van der Waals surface area (Å²) >= 11 is 0. The van der Waals surface area contributed by atoms with Crippen molar-refractivity contribution >= 4 is 15.7 Å². The summed E-state index contributed by atoms with van der Waals surface area (Å²) in [4.78, 5) is 0.104. The lowest BCUT2D eigenvalue weighted by molar-refractivity contribution is 0.413. The summed E-state index contributed by atoms with van der Waals surface area (Å²) < 4.78 is 33.9. The zero-order valence-electron chi connectivity index (χ0n) is 12.2. The van der Waals surface area contributed by atoms with Gasteiger partial charge in [-0.1, -0.05) is 0 Å². The van der Waals surface area contributed by atoms with E-state index in [9.17, 15) is 13.5 Å². The number of hydrogen-bond acceptors (Lipinski definition) is 5. The van der Waals surface area contributed by atoms with Gasteiger partial charge in [0.2, 0.25) is 0 Å². The van der Waals surface area contributed by atoms with E-state index in [-0.39, 0.29) is 16.3 Å². The number of ether oxygens (including phenoxy) is 1. The molecular weight excluding hydrogens is 294 g/mol. The number of aryl methyl sites for hydroxylation is 2. The van der Waals surface area contributed by atoms with Crippen LogP contribution < -0.4 is 9.46 Å². The summed E-state index contributed by atoms with van der Waals surface area (Å²) in [6.45, 7) is 3.28. The van der Waals surface area contributed by atoms with Crippen molar-refractivity contribution in [3.05, 3.63) is 29.6 Å². The van der Waals surface area contributed by atoms with Crippen LogP contribution in [-0.2, 0) is 17.1 Å². The van der Waals surface area contributed by atoms with Crippen molar-refractivity contribution in [2.75, 3.05) is 11.8 Å². The lowest BCUT2D eigenvalue weighted by Gasteiger charge is -2.11. The highest BCUT2D eigenvalue weighted by atomic mass is 32.2. The predicted octanol–water partition coefficient (Wildman–Crippen LogP) is 1.55. The van der Waals surface area contributed by atoms with Crippen molar-refractivity contribution in [1.29, 1.82) is 0 Å². The van der Waals surface area contributed by atoms with E-state index >= 15 is 0 Å². The van der Waals surface area contributed by atoms with Crippen LogP contribution in [0.1, 0.15) is 11.4 Å². The van der Waals surface area contributed by atoms with Crippen LogP contribution in [0.25, 0.3) is 0 Å². The first kappa shape index (κ1) is 15.2. The topological polar surface area (TPSA) is 93.4 Å². The maximum absolute atomic E-state index is 12.5. The van der Waals surface area contributed by atoms with Crippen molar-refractivity contribution in [2.24, 2.45) is 7.05 Å². The molecule has 2 rings (SSSR count). The molecule has 1 heterocycles. The lowest BCUT2D eigenvalue weighted by atomic mass is 10.3. The second kappa shape index (κ2) is 5.28. The van der Waals surface area contributed by atoms with Crippen LogP contribution in [0.4, 0.5) is 5.69 Å². The minimum atomic E-state index is -3.85. The predicted molar refractivity (Wildman–Crippen MR) is 78.1 cm³/mol. The van der Waals surface area contributed by atoms with E-state index in [1.807, 2.05) is 0 Å². The van der Waals surface area contributed by atoms with E-state index in [1.54, 1.807) is 20.9 Å². The smallest absolute Gasteiger partial charge is 0.265 e. The second-order valence-corrected chi connectivity index (χ2v) is 6.23.